The molecule has 1 unspecified atom stereocenters. The zero-order valence-electron chi connectivity index (χ0n) is 19.7. The lowest BCUT2D eigenvalue weighted by molar-refractivity contribution is -0.118. The fourth-order valence-electron chi connectivity index (χ4n) is 4.55. The van der Waals surface area contributed by atoms with Gasteiger partial charge in [0.15, 0.2) is 26.5 Å². The Hall–Kier alpha value is -2.65. The van der Waals surface area contributed by atoms with E-state index < -0.39 is 9.84 Å². The molecule has 1 saturated carbocycles. The van der Waals surface area contributed by atoms with E-state index in [2.05, 4.69) is 10.3 Å². The first kappa shape index (κ1) is 24.5. The highest BCUT2D eigenvalue weighted by atomic mass is 32.2. The van der Waals surface area contributed by atoms with Gasteiger partial charge in [-0.25, -0.2) is 13.4 Å². The van der Waals surface area contributed by atoms with E-state index in [4.69, 9.17) is 9.47 Å². The van der Waals surface area contributed by atoms with E-state index in [0.717, 1.165) is 35.0 Å². The minimum atomic E-state index is -3.29. The van der Waals surface area contributed by atoms with Crippen molar-refractivity contribution in [1.82, 2.24) is 4.98 Å². The van der Waals surface area contributed by atoms with Crippen LogP contribution in [0.15, 0.2) is 41.3 Å². The van der Waals surface area contributed by atoms with Crippen molar-refractivity contribution in [3.63, 3.8) is 0 Å². The molecule has 1 N–H and O–H groups in total. The Morgan fingerprint density at radius 2 is 1.76 bits per heavy atom. The van der Waals surface area contributed by atoms with Crippen LogP contribution in [0.4, 0.5) is 5.13 Å². The van der Waals surface area contributed by atoms with Crippen LogP contribution in [0.5, 0.6) is 11.5 Å². The van der Waals surface area contributed by atoms with E-state index in [1.54, 1.807) is 51.5 Å². The van der Waals surface area contributed by atoms with Crippen molar-refractivity contribution < 1.29 is 22.7 Å². The smallest absolute Gasteiger partial charge is 0.233 e. The highest BCUT2D eigenvalue weighted by Gasteiger charge is 2.28. The number of carbonyl (C=O) groups is 1. The number of nitrogens with one attached hydrogen (secondary N) is 1. The summed E-state index contributed by atoms with van der Waals surface area (Å²) >= 11 is 1.38. The third-order valence-electron chi connectivity index (χ3n) is 6.51. The molecule has 1 atom stereocenters. The lowest BCUT2D eigenvalue weighted by atomic mass is 9.87. The average molecular weight is 503 g/mol. The van der Waals surface area contributed by atoms with Crippen LogP contribution in [-0.4, -0.2) is 39.3 Å². The lowest BCUT2D eigenvalue weighted by Gasteiger charge is -2.20. The Morgan fingerprint density at radius 3 is 2.38 bits per heavy atom. The van der Waals surface area contributed by atoms with Crippen LogP contribution >= 0.6 is 11.3 Å². The van der Waals surface area contributed by atoms with Crippen molar-refractivity contribution in [2.75, 3.05) is 25.3 Å². The normalized spacial score (nSPS) is 15.4. The molecule has 1 aromatic heterocycles. The summed E-state index contributed by atoms with van der Waals surface area (Å²) < 4.78 is 36.0. The van der Waals surface area contributed by atoms with Gasteiger partial charge >= 0.3 is 0 Å². The van der Waals surface area contributed by atoms with Gasteiger partial charge < -0.3 is 14.8 Å². The molecule has 1 amide bonds. The maximum Gasteiger partial charge on any atom is 0.233 e. The molecule has 182 valence electrons. The number of fused-ring (bicyclic) bond motifs is 1. The number of amides is 1. The summed E-state index contributed by atoms with van der Waals surface area (Å²) in [5.41, 5.74) is 1.54. The zero-order valence-corrected chi connectivity index (χ0v) is 21.3. The van der Waals surface area contributed by atoms with Crippen molar-refractivity contribution in [3.8, 4) is 11.5 Å². The SMILES string of the molecule is CCS(=O)(=O)c1ccc(C(CC2CCCC2)C(=O)Nc2nc3cc(OC)c(OC)cc3s2)cc1. The topological polar surface area (TPSA) is 94.6 Å². The summed E-state index contributed by atoms with van der Waals surface area (Å²) in [5, 5.41) is 3.51. The Balaban J connectivity index is 1.60. The van der Waals surface area contributed by atoms with Crippen LogP contribution in [0.3, 0.4) is 0 Å². The molecule has 4 rings (SSSR count). The number of sulfone groups is 1. The predicted molar refractivity (Wildman–Crippen MR) is 135 cm³/mol. The molecule has 0 spiro atoms. The highest BCUT2D eigenvalue weighted by Crippen LogP contribution is 2.38. The third-order valence-corrected chi connectivity index (χ3v) is 9.19. The number of anilines is 1. The summed E-state index contributed by atoms with van der Waals surface area (Å²) in [5.74, 6) is 1.22. The summed E-state index contributed by atoms with van der Waals surface area (Å²) in [6.07, 6.45) is 5.35. The average Bonchev–Trinajstić information content (AvgIpc) is 3.50. The van der Waals surface area contributed by atoms with Gasteiger partial charge in [0, 0.05) is 12.1 Å². The quantitative estimate of drug-likeness (QED) is 0.420. The molecular formula is C25H30N2O5S2. The lowest BCUT2D eigenvalue weighted by Crippen LogP contribution is -2.23. The maximum atomic E-state index is 13.4. The first-order chi connectivity index (χ1) is 16.3. The number of hydrogen-bond donors (Lipinski definition) is 1. The number of thiazole rings is 1. The summed E-state index contributed by atoms with van der Waals surface area (Å²) in [6.45, 7) is 1.63. The standard InChI is InChI=1S/C25H30N2O5S2/c1-4-34(29,30)18-11-9-17(10-12-18)19(13-16-7-5-6-8-16)24(28)27-25-26-20-14-21(31-2)22(32-3)15-23(20)33-25/h9-12,14-16,19H,4-8,13H2,1-3H3,(H,26,27,28). The number of rotatable bonds is 9. The molecule has 0 saturated heterocycles. The molecule has 2 aromatic carbocycles. The van der Waals surface area contributed by atoms with Crippen LogP contribution in [0.2, 0.25) is 0 Å². The van der Waals surface area contributed by atoms with Crippen molar-refractivity contribution >= 4 is 42.4 Å². The van der Waals surface area contributed by atoms with Gasteiger partial charge in [-0.05, 0) is 30.0 Å². The van der Waals surface area contributed by atoms with Crippen LogP contribution in [0.1, 0.15) is 50.5 Å². The summed E-state index contributed by atoms with van der Waals surface area (Å²) in [6, 6.07) is 10.4. The fourth-order valence-corrected chi connectivity index (χ4v) is 6.31. The number of methoxy groups -OCH3 is 2. The largest absolute Gasteiger partial charge is 0.493 e. The van der Waals surface area contributed by atoms with Gasteiger partial charge in [0.05, 0.1) is 41.0 Å². The van der Waals surface area contributed by atoms with Crippen molar-refractivity contribution in [3.05, 3.63) is 42.0 Å². The van der Waals surface area contributed by atoms with E-state index in [1.807, 2.05) is 6.07 Å². The minimum Gasteiger partial charge on any atom is -0.493 e. The van der Waals surface area contributed by atoms with E-state index in [-0.39, 0.29) is 22.5 Å². The Bertz CT molecular complexity index is 1220. The number of benzene rings is 2. The summed E-state index contributed by atoms with van der Waals surface area (Å²) in [4.78, 5) is 18.3. The van der Waals surface area contributed by atoms with Crippen LogP contribution in [-0.2, 0) is 14.6 Å². The highest BCUT2D eigenvalue weighted by molar-refractivity contribution is 7.91. The van der Waals surface area contributed by atoms with Crippen molar-refractivity contribution in [2.24, 2.45) is 5.92 Å². The second-order valence-electron chi connectivity index (χ2n) is 8.59. The minimum absolute atomic E-state index is 0.0471. The molecule has 1 aliphatic rings. The van der Waals surface area contributed by atoms with E-state index in [0.29, 0.717) is 22.5 Å². The number of carbonyl (C=O) groups excluding carboxylic acids is 1. The van der Waals surface area contributed by atoms with Gasteiger partial charge in [-0.1, -0.05) is 56.1 Å². The number of nitrogens with zero attached hydrogens (tertiary/aromatic N) is 1. The molecular weight excluding hydrogens is 472 g/mol. The first-order valence-electron chi connectivity index (χ1n) is 11.5. The molecule has 7 nitrogen and oxygen atoms in total. The first-order valence-corrected chi connectivity index (χ1v) is 14.0. The van der Waals surface area contributed by atoms with Crippen LogP contribution in [0.25, 0.3) is 10.2 Å². The van der Waals surface area contributed by atoms with Gasteiger partial charge in [-0.3, -0.25) is 4.79 Å². The number of hydrogen-bond acceptors (Lipinski definition) is 7. The Morgan fingerprint density at radius 1 is 1.12 bits per heavy atom. The summed E-state index contributed by atoms with van der Waals surface area (Å²) in [7, 11) is -0.133. The van der Waals surface area contributed by atoms with Gasteiger partial charge in [-0.2, -0.15) is 0 Å². The van der Waals surface area contributed by atoms with Gasteiger partial charge in [0.25, 0.3) is 0 Å². The Labute approximate surface area is 204 Å². The van der Waals surface area contributed by atoms with Crippen molar-refractivity contribution in [1.29, 1.82) is 0 Å². The number of aromatic nitrogens is 1. The molecule has 0 radical (unpaired) electrons. The molecule has 34 heavy (non-hydrogen) atoms. The Kier molecular flexibility index (Phi) is 7.42. The molecule has 1 heterocycles. The molecule has 1 aliphatic carbocycles. The molecule has 9 heteroatoms. The van der Waals surface area contributed by atoms with Crippen LogP contribution in [0, 0.1) is 5.92 Å². The van der Waals surface area contributed by atoms with Gasteiger partial charge in [-0.15, -0.1) is 0 Å². The third kappa shape index (κ3) is 5.20. The fraction of sp³-hybridized carbons (Fsp3) is 0.440. The van der Waals surface area contributed by atoms with Gasteiger partial charge in [0.1, 0.15) is 0 Å². The van der Waals surface area contributed by atoms with E-state index >= 15 is 0 Å². The van der Waals surface area contributed by atoms with E-state index in [9.17, 15) is 13.2 Å². The predicted octanol–water partition coefficient (Wildman–Crippen LogP) is 5.41. The monoisotopic (exact) mass is 502 g/mol. The van der Waals surface area contributed by atoms with Crippen LogP contribution < -0.4 is 14.8 Å². The molecule has 0 aliphatic heterocycles. The molecule has 1 fully saturated rings. The second kappa shape index (κ2) is 10.3. The maximum absolute atomic E-state index is 13.4. The molecule has 3 aromatic rings. The zero-order chi connectivity index (χ0) is 24.3. The van der Waals surface area contributed by atoms with Gasteiger partial charge in [0.2, 0.25) is 5.91 Å². The van der Waals surface area contributed by atoms with E-state index in [1.165, 1.54) is 24.2 Å². The number of ether oxygens (including phenoxy) is 2. The second-order valence-corrected chi connectivity index (χ2v) is 11.9. The van der Waals surface area contributed by atoms with Crippen molar-refractivity contribution in [2.45, 2.75) is 49.8 Å². The molecule has 0 bridgehead atoms.